The Kier molecular flexibility index (Phi) is 34.8. The number of carbonyl (C=O) groups excluding carboxylic acids is 3. The van der Waals surface area contributed by atoms with E-state index in [4.69, 9.17) is 14.2 Å². The summed E-state index contributed by atoms with van der Waals surface area (Å²) in [6.07, 6.45) is 40.4. The van der Waals surface area contributed by atoms with Gasteiger partial charge < -0.3 is 28.6 Å². The lowest BCUT2D eigenvalue weighted by atomic mass is 10.0. The van der Waals surface area contributed by atoms with Crippen molar-refractivity contribution in [3.8, 4) is 0 Å². The van der Waals surface area contributed by atoms with Crippen molar-refractivity contribution < 1.29 is 38.2 Å². The topological polar surface area (TPSA) is 102 Å². The maximum Gasteiger partial charge on any atom is 0.306 e. The van der Waals surface area contributed by atoms with Crippen LogP contribution in [0.5, 0.6) is 0 Å². The van der Waals surface area contributed by atoms with Crippen LogP contribution in [0.15, 0.2) is 36.5 Å². The highest BCUT2D eigenvalue weighted by atomic mass is 16.6. The Balaban J connectivity index is 4.34. The minimum absolute atomic E-state index is 0.0273. The number of hydrogen-bond donors (Lipinski definition) is 0. The minimum atomic E-state index is -1.13. The second-order valence-electron chi connectivity index (χ2n) is 15.6. The average molecular weight is 748 g/mol. The van der Waals surface area contributed by atoms with Gasteiger partial charge in [0.1, 0.15) is 12.6 Å². The normalized spacial score (nSPS) is 13.3. The van der Waals surface area contributed by atoms with E-state index >= 15 is 0 Å². The molecule has 0 aromatic heterocycles. The van der Waals surface area contributed by atoms with Crippen LogP contribution in [0.1, 0.15) is 181 Å². The van der Waals surface area contributed by atoms with Gasteiger partial charge in [-0.3, -0.25) is 9.59 Å². The van der Waals surface area contributed by atoms with Crippen LogP contribution in [0.4, 0.5) is 0 Å². The zero-order valence-corrected chi connectivity index (χ0v) is 34.9. The van der Waals surface area contributed by atoms with E-state index in [1.54, 1.807) is 21.1 Å². The number of nitrogens with zero attached hydrogens (tertiary/aromatic N) is 1. The van der Waals surface area contributed by atoms with Crippen LogP contribution in [0.2, 0.25) is 0 Å². The third-order valence-corrected chi connectivity index (χ3v) is 9.54. The lowest BCUT2D eigenvalue weighted by molar-refractivity contribution is -0.889. The zero-order valence-electron chi connectivity index (χ0n) is 34.9. The van der Waals surface area contributed by atoms with Crippen molar-refractivity contribution in [3.63, 3.8) is 0 Å². The number of esters is 2. The lowest BCUT2D eigenvalue weighted by Gasteiger charge is -2.34. The fraction of sp³-hybridized carbons (Fsp3) is 0.800. The quantitative estimate of drug-likeness (QED) is 0.0268. The highest BCUT2D eigenvalue weighted by molar-refractivity contribution is 5.70. The van der Waals surface area contributed by atoms with Crippen molar-refractivity contribution in [1.82, 2.24) is 0 Å². The van der Waals surface area contributed by atoms with E-state index in [9.17, 15) is 19.5 Å². The Morgan fingerprint density at radius 2 is 1.06 bits per heavy atom. The van der Waals surface area contributed by atoms with Gasteiger partial charge in [0, 0.05) is 19.3 Å². The molecule has 0 aromatic carbocycles. The van der Waals surface area contributed by atoms with Gasteiger partial charge in [-0.05, 0) is 38.5 Å². The van der Waals surface area contributed by atoms with Crippen molar-refractivity contribution in [3.05, 3.63) is 36.5 Å². The van der Waals surface area contributed by atoms with E-state index < -0.39 is 18.1 Å². The molecule has 0 fully saturated rings. The Hall–Kier alpha value is -2.45. The number of quaternary nitrogens is 1. The fourth-order valence-electron chi connectivity index (χ4n) is 6.21. The van der Waals surface area contributed by atoms with Crippen LogP contribution < -0.4 is 5.11 Å². The van der Waals surface area contributed by atoms with Gasteiger partial charge in [-0.1, -0.05) is 159 Å². The molecule has 0 aliphatic carbocycles. The van der Waals surface area contributed by atoms with Gasteiger partial charge in [0.15, 0.2) is 6.10 Å². The Morgan fingerprint density at radius 1 is 0.585 bits per heavy atom. The molecule has 0 N–H and O–H groups in total. The molecular weight excluding hydrogens is 666 g/mol. The van der Waals surface area contributed by atoms with Crippen molar-refractivity contribution in [2.24, 2.45) is 0 Å². The summed E-state index contributed by atoms with van der Waals surface area (Å²) in [6, 6.07) is -0.730. The Labute approximate surface area is 325 Å². The summed E-state index contributed by atoms with van der Waals surface area (Å²) < 4.78 is 17.1. The molecule has 53 heavy (non-hydrogen) atoms. The smallest absolute Gasteiger partial charge is 0.306 e. The second-order valence-corrected chi connectivity index (χ2v) is 15.6. The summed E-state index contributed by atoms with van der Waals surface area (Å²) in [6.45, 7) is 4.49. The first-order chi connectivity index (χ1) is 25.6. The molecule has 8 heteroatoms. The number of likely N-dealkylation sites (N-methyl/N-ethyl adjacent to an activating group) is 1. The monoisotopic (exact) mass is 748 g/mol. The van der Waals surface area contributed by atoms with Crippen molar-refractivity contribution >= 4 is 17.9 Å². The maximum absolute atomic E-state index is 12.7. The van der Waals surface area contributed by atoms with Crippen LogP contribution in [0, 0.1) is 0 Å². The van der Waals surface area contributed by atoms with Crippen molar-refractivity contribution in [2.75, 3.05) is 41.0 Å². The molecule has 0 aliphatic rings. The van der Waals surface area contributed by atoms with E-state index in [2.05, 4.69) is 50.3 Å². The molecule has 0 radical (unpaired) electrons. The number of hydrogen-bond acceptors (Lipinski definition) is 7. The zero-order chi connectivity index (χ0) is 39.3. The molecule has 0 saturated carbocycles. The van der Waals surface area contributed by atoms with E-state index in [1.807, 2.05) is 0 Å². The predicted octanol–water partition coefficient (Wildman–Crippen LogP) is 10.1. The van der Waals surface area contributed by atoms with Gasteiger partial charge in [-0.2, -0.15) is 0 Å². The molecule has 8 nitrogen and oxygen atoms in total. The average Bonchev–Trinajstić information content (AvgIpc) is 3.11. The Morgan fingerprint density at radius 3 is 1.55 bits per heavy atom. The number of carboxylic acid groups (broad SMARTS) is 1. The molecule has 0 saturated heterocycles. The molecule has 2 atom stereocenters. The summed E-state index contributed by atoms with van der Waals surface area (Å²) in [5.74, 6) is -1.80. The van der Waals surface area contributed by atoms with E-state index in [1.165, 1.54) is 96.3 Å². The van der Waals surface area contributed by atoms with Gasteiger partial charge in [0.05, 0.1) is 40.3 Å². The van der Waals surface area contributed by atoms with Crippen molar-refractivity contribution in [1.29, 1.82) is 0 Å². The summed E-state index contributed by atoms with van der Waals surface area (Å²) in [5.41, 5.74) is 0. The second kappa shape index (κ2) is 36.5. The fourth-order valence-corrected chi connectivity index (χ4v) is 6.21. The molecule has 0 aromatic rings. The number of rotatable bonds is 38. The van der Waals surface area contributed by atoms with Gasteiger partial charge in [0.2, 0.25) is 0 Å². The van der Waals surface area contributed by atoms with E-state index in [0.717, 1.165) is 44.9 Å². The van der Waals surface area contributed by atoms with Crippen LogP contribution in [0.25, 0.3) is 0 Å². The summed E-state index contributed by atoms with van der Waals surface area (Å²) >= 11 is 0. The molecule has 0 spiro atoms. The van der Waals surface area contributed by atoms with Gasteiger partial charge in [-0.15, -0.1) is 0 Å². The highest BCUT2D eigenvalue weighted by Gasteiger charge is 2.25. The molecule has 308 valence electrons. The lowest BCUT2D eigenvalue weighted by Crippen LogP contribution is -2.55. The van der Waals surface area contributed by atoms with Gasteiger partial charge in [0.25, 0.3) is 0 Å². The van der Waals surface area contributed by atoms with Crippen LogP contribution in [-0.2, 0) is 28.6 Å². The maximum atomic E-state index is 12.7. The molecule has 0 bridgehead atoms. The summed E-state index contributed by atoms with van der Waals surface area (Å²) in [7, 11) is 5.39. The molecule has 0 amide bonds. The van der Waals surface area contributed by atoms with Gasteiger partial charge >= 0.3 is 11.9 Å². The predicted molar refractivity (Wildman–Crippen MR) is 217 cm³/mol. The molecule has 0 heterocycles. The third kappa shape index (κ3) is 35.0. The van der Waals surface area contributed by atoms with E-state index in [-0.39, 0.29) is 49.1 Å². The first-order valence-electron chi connectivity index (χ1n) is 21.5. The number of aliphatic carboxylic acids is 1. The van der Waals surface area contributed by atoms with Crippen LogP contribution in [-0.4, -0.2) is 75.5 Å². The van der Waals surface area contributed by atoms with Crippen molar-refractivity contribution in [2.45, 2.75) is 193 Å². The van der Waals surface area contributed by atoms with E-state index in [0.29, 0.717) is 12.8 Å². The third-order valence-electron chi connectivity index (χ3n) is 9.54. The van der Waals surface area contributed by atoms with Gasteiger partial charge in [-0.25, -0.2) is 0 Å². The number of carbonyl (C=O) groups is 3. The highest BCUT2D eigenvalue weighted by Crippen LogP contribution is 2.15. The summed E-state index contributed by atoms with van der Waals surface area (Å²) in [5, 5.41) is 11.6. The molecular formula is C45H81NO7. The number of ether oxygens (including phenoxy) is 3. The Bertz CT molecular complexity index is 968. The number of allylic oxidation sites excluding steroid dienone is 6. The first-order valence-corrected chi connectivity index (χ1v) is 21.5. The van der Waals surface area contributed by atoms with Crippen LogP contribution >= 0.6 is 0 Å². The molecule has 0 rings (SSSR count). The number of unbranched alkanes of at least 4 members (excludes halogenated alkanes) is 18. The standard InChI is InChI=1S/C45H81NO7/c1-6-8-10-12-14-16-18-19-20-21-22-23-24-26-28-30-32-34-36-44(48)53-41(39-51-38-37-42(45(49)50)46(3,4)5)40-52-43(47)35-33-31-29-27-25-17-15-13-11-9-7-2/h9,11,15,17,27,29,41-42H,6-8,10,12-14,16,18-26,28,30-40H2,1-5H3/b11-9+,17-15+,29-27+. The SMILES string of the molecule is CC/C=C/C/C=C/C/C=C/CCCC(=O)OCC(COCCC(C(=O)[O-])[N+](C)(C)C)OC(=O)CCCCCCCCCCCCCCCCCCCC. The summed E-state index contributed by atoms with van der Waals surface area (Å²) in [4.78, 5) is 36.7. The first kappa shape index (κ1) is 50.5. The van der Waals surface area contributed by atoms with Crippen LogP contribution in [0.3, 0.4) is 0 Å². The molecule has 2 unspecified atom stereocenters. The molecule has 0 aliphatic heterocycles. The number of carboxylic acids is 1. The largest absolute Gasteiger partial charge is 0.544 e. The minimum Gasteiger partial charge on any atom is -0.544 e.